The van der Waals surface area contributed by atoms with E-state index < -0.39 is 6.10 Å². The summed E-state index contributed by atoms with van der Waals surface area (Å²) in [4.78, 5) is 41.8. The molecular weight excluding hydrogens is 482 g/mol. The molecule has 0 spiro atoms. The monoisotopic (exact) mass is 515 g/mol. The van der Waals surface area contributed by atoms with Gasteiger partial charge >= 0.3 is 0 Å². The largest absolute Gasteiger partial charge is 0.392 e. The second-order valence-corrected chi connectivity index (χ2v) is 12.7. The summed E-state index contributed by atoms with van der Waals surface area (Å²) < 4.78 is 0. The van der Waals surface area contributed by atoms with E-state index in [2.05, 4.69) is 29.1 Å². The van der Waals surface area contributed by atoms with Crippen LogP contribution >= 0.6 is 23.1 Å². The lowest BCUT2D eigenvalue weighted by molar-refractivity contribution is -0.144. The molecule has 5 rings (SSSR count). The maximum absolute atomic E-state index is 13.2. The van der Waals surface area contributed by atoms with E-state index in [4.69, 9.17) is 4.98 Å². The summed E-state index contributed by atoms with van der Waals surface area (Å²) in [7, 11) is 0. The van der Waals surface area contributed by atoms with E-state index in [0.29, 0.717) is 5.13 Å². The van der Waals surface area contributed by atoms with Gasteiger partial charge < -0.3 is 10.0 Å². The number of fused-ring (bicyclic) bond motifs is 2. The lowest BCUT2D eigenvalue weighted by atomic mass is 9.53. The molecule has 0 radical (unpaired) electrons. The molecule has 2 fully saturated rings. The molecule has 8 nitrogen and oxygen atoms in total. The Kier molecular flexibility index (Phi) is 6.89. The summed E-state index contributed by atoms with van der Waals surface area (Å²) in [6.45, 7) is 8.01. The van der Waals surface area contributed by atoms with Crippen LogP contribution in [0.15, 0.2) is 18.6 Å². The van der Waals surface area contributed by atoms with Crippen molar-refractivity contribution in [1.29, 1.82) is 0 Å². The Morgan fingerprint density at radius 1 is 1.29 bits per heavy atom. The molecule has 2 aliphatic carbocycles. The summed E-state index contributed by atoms with van der Waals surface area (Å²) in [6, 6.07) is 0. The minimum Gasteiger partial charge on any atom is -0.392 e. The standard InChI is InChI=1S/C25H33N5O3S2/c1-14(23(33)30-8-10-34-11-9-30)16-4-5-25(3)12-18-20(15(2)19(25)21(16)31)28-24(35-18)29-22(32)17-13-26-6-7-27-17/h6-7,13-16,19,21,31H,4-5,8-12H2,1-3H3,(H,28,29,32). The van der Waals surface area contributed by atoms with E-state index in [0.717, 1.165) is 49.6 Å². The van der Waals surface area contributed by atoms with Crippen LogP contribution in [0.3, 0.4) is 0 Å². The van der Waals surface area contributed by atoms with Crippen LogP contribution in [-0.4, -0.2) is 67.5 Å². The van der Waals surface area contributed by atoms with Gasteiger partial charge in [-0.3, -0.25) is 19.9 Å². The number of anilines is 1. The van der Waals surface area contributed by atoms with E-state index >= 15 is 0 Å². The molecule has 0 bridgehead atoms. The van der Waals surface area contributed by atoms with Gasteiger partial charge in [-0.2, -0.15) is 11.8 Å². The molecular formula is C25H33N5O3S2. The molecule has 188 valence electrons. The number of nitrogens with zero attached hydrogens (tertiary/aromatic N) is 4. The van der Waals surface area contributed by atoms with Crippen molar-refractivity contribution in [1.82, 2.24) is 19.9 Å². The topological polar surface area (TPSA) is 108 Å². The molecule has 1 aliphatic heterocycles. The van der Waals surface area contributed by atoms with Crippen LogP contribution in [0, 0.1) is 23.2 Å². The third-order valence-electron chi connectivity index (χ3n) is 8.29. The molecule has 2 amide bonds. The number of aliphatic hydroxyl groups excluding tert-OH is 1. The van der Waals surface area contributed by atoms with Crippen molar-refractivity contribution < 1.29 is 14.7 Å². The fraction of sp³-hybridized carbons (Fsp3) is 0.640. The van der Waals surface area contributed by atoms with E-state index in [1.165, 1.54) is 34.8 Å². The zero-order valence-corrected chi connectivity index (χ0v) is 22.1. The maximum atomic E-state index is 13.2. The first kappa shape index (κ1) is 24.6. The highest BCUT2D eigenvalue weighted by Crippen LogP contribution is 2.57. The van der Waals surface area contributed by atoms with E-state index in [1.54, 1.807) is 0 Å². The van der Waals surface area contributed by atoms with Crippen molar-refractivity contribution in [2.24, 2.45) is 23.2 Å². The Labute approximate surface area is 214 Å². The summed E-state index contributed by atoms with van der Waals surface area (Å²) in [5, 5.41) is 15.1. The Morgan fingerprint density at radius 3 is 2.77 bits per heavy atom. The quantitative estimate of drug-likeness (QED) is 0.642. The average molecular weight is 516 g/mol. The smallest absolute Gasteiger partial charge is 0.277 e. The molecule has 2 N–H and O–H groups in total. The molecule has 35 heavy (non-hydrogen) atoms. The van der Waals surface area contributed by atoms with Crippen molar-refractivity contribution in [2.45, 2.75) is 52.1 Å². The third kappa shape index (κ3) is 4.60. The predicted octanol–water partition coefficient (Wildman–Crippen LogP) is 3.45. The SMILES string of the molecule is CC(C(=O)N1CCSCC1)C1CCC2(C)Cc3sc(NC(=O)c4cnccn4)nc3C(C)C2C1O. The van der Waals surface area contributed by atoms with Crippen LogP contribution in [0.5, 0.6) is 0 Å². The number of amides is 2. The molecule has 10 heteroatoms. The van der Waals surface area contributed by atoms with Crippen LogP contribution in [0.2, 0.25) is 0 Å². The van der Waals surface area contributed by atoms with Crippen LogP contribution < -0.4 is 5.32 Å². The van der Waals surface area contributed by atoms with Crippen molar-refractivity contribution in [3.63, 3.8) is 0 Å². The molecule has 3 heterocycles. The van der Waals surface area contributed by atoms with Crippen LogP contribution in [0.25, 0.3) is 0 Å². The van der Waals surface area contributed by atoms with Crippen LogP contribution in [0.4, 0.5) is 5.13 Å². The minimum atomic E-state index is -0.561. The highest BCUT2D eigenvalue weighted by Gasteiger charge is 2.54. The second kappa shape index (κ2) is 9.78. The Morgan fingerprint density at radius 2 is 2.06 bits per heavy atom. The third-order valence-corrected chi connectivity index (χ3v) is 10.2. The van der Waals surface area contributed by atoms with Gasteiger partial charge in [-0.25, -0.2) is 9.97 Å². The molecule has 6 atom stereocenters. The number of thioether (sulfide) groups is 1. The van der Waals surface area contributed by atoms with Crippen molar-refractivity contribution >= 4 is 40.0 Å². The zero-order chi connectivity index (χ0) is 24.7. The van der Waals surface area contributed by atoms with Crippen molar-refractivity contribution in [3.05, 3.63) is 34.9 Å². The van der Waals surface area contributed by atoms with Gasteiger partial charge in [0, 0.05) is 53.7 Å². The minimum absolute atomic E-state index is 0.0200. The van der Waals surface area contributed by atoms with Gasteiger partial charge in [0.25, 0.3) is 5.91 Å². The zero-order valence-electron chi connectivity index (χ0n) is 20.4. The molecule has 0 aromatic carbocycles. The number of aromatic nitrogens is 3. The molecule has 2 aromatic heterocycles. The van der Waals surface area contributed by atoms with Gasteiger partial charge in [-0.15, -0.1) is 11.3 Å². The molecule has 1 saturated carbocycles. The van der Waals surface area contributed by atoms with Crippen LogP contribution in [0.1, 0.15) is 60.6 Å². The van der Waals surface area contributed by atoms with Gasteiger partial charge in [0.05, 0.1) is 18.0 Å². The molecule has 3 aliphatic rings. The van der Waals surface area contributed by atoms with Crippen molar-refractivity contribution in [3.8, 4) is 0 Å². The van der Waals surface area contributed by atoms with Crippen molar-refractivity contribution in [2.75, 3.05) is 29.9 Å². The van der Waals surface area contributed by atoms with Gasteiger partial charge in [0.15, 0.2) is 5.13 Å². The molecule has 1 saturated heterocycles. The number of aliphatic hydroxyl groups is 1. The van der Waals surface area contributed by atoms with Gasteiger partial charge in [0.2, 0.25) is 5.91 Å². The Hall–Kier alpha value is -2.04. The predicted molar refractivity (Wildman–Crippen MR) is 138 cm³/mol. The second-order valence-electron chi connectivity index (χ2n) is 10.4. The highest BCUT2D eigenvalue weighted by atomic mass is 32.2. The van der Waals surface area contributed by atoms with E-state index in [1.807, 2.05) is 23.6 Å². The normalized spacial score (nSPS) is 31.3. The summed E-state index contributed by atoms with van der Waals surface area (Å²) in [6.07, 6.45) is 6.53. The summed E-state index contributed by atoms with van der Waals surface area (Å²) >= 11 is 3.41. The number of thiazole rings is 1. The number of carbonyl (C=O) groups excluding carboxylic acids is 2. The first-order chi connectivity index (χ1) is 16.8. The van der Waals surface area contributed by atoms with E-state index in [9.17, 15) is 14.7 Å². The highest BCUT2D eigenvalue weighted by molar-refractivity contribution is 7.99. The Balaban J connectivity index is 1.34. The first-order valence-electron chi connectivity index (χ1n) is 12.4. The lowest BCUT2D eigenvalue weighted by Crippen LogP contribution is -2.54. The fourth-order valence-corrected chi connectivity index (χ4v) is 8.59. The lowest BCUT2D eigenvalue weighted by Gasteiger charge is -2.53. The number of rotatable bonds is 4. The van der Waals surface area contributed by atoms with E-state index in [-0.39, 0.29) is 46.6 Å². The summed E-state index contributed by atoms with van der Waals surface area (Å²) in [5.41, 5.74) is 1.14. The molecule has 2 aromatic rings. The van der Waals surface area contributed by atoms with Crippen LogP contribution in [-0.2, 0) is 11.2 Å². The Bertz CT molecular complexity index is 1090. The number of hydrogen-bond acceptors (Lipinski definition) is 8. The van der Waals surface area contributed by atoms with Gasteiger partial charge in [0.1, 0.15) is 5.69 Å². The average Bonchev–Trinajstić information content (AvgIpc) is 3.26. The summed E-state index contributed by atoms with van der Waals surface area (Å²) in [5.74, 6) is 1.66. The molecule has 6 unspecified atom stereocenters. The number of hydrogen-bond donors (Lipinski definition) is 2. The number of carbonyl (C=O) groups is 2. The maximum Gasteiger partial charge on any atom is 0.277 e. The number of nitrogens with one attached hydrogen (secondary N) is 1. The fourth-order valence-electron chi connectivity index (χ4n) is 6.43. The first-order valence-corrected chi connectivity index (χ1v) is 14.4. The van der Waals surface area contributed by atoms with Gasteiger partial charge in [-0.05, 0) is 36.5 Å². The van der Waals surface area contributed by atoms with Gasteiger partial charge in [-0.1, -0.05) is 20.8 Å².